The van der Waals surface area contributed by atoms with E-state index in [9.17, 15) is 0 Å². The molecule has 1 aromatic carbocycles. The maximum Gasteiger partial charge on any atom is 0.0717 e. The van der Waals surface area contributed by atoms with Gasteiger partial charge in [-0.2, -0.15) is 0 Å². The second-order valence-corrected chi connectivity index (χ2v) is 5.37. The Morgan fingerprint density at radius 1 is 1.06 bits per heavy atom. The average molecular weight is 247 g/mol. The molecule has 0 bridgehead atoms. The first kappa shape index (κ1) is 13.6. The lowest BCUT2D eigenvalue weighted by Gasteiger charge is -2.21. The van der Waals surface area contributed by atoms with Crippen molar-refractivity contribution in [3.63, 3.8) is 0 Å². The van der Waals surface area contributed by atoms with Crippen LogP contribution >= 0.6 is 0 Å². The second kappa shape index (κ2) is 7.55. The van der Waals surface area contributed by atoms with Crippen LogP contribution in [-0.4, -0.2) is 13.7 Å². The fourth-order valence-electron chi connectivity index (χ4n) is 2.65. The van der Waals surface area contributed by atoms with E-state index < -0.39 is 0 Å². The number of hydrogen-bond donors (Lipinski definition) is 1. The van der Waals surface area contributed by atoms with Gasteiger partial charge in [0, 0.05) is 13.2 Å². The molecule has 1 aliphatic carbocycles. The minimum Gasteiger partial charge on any atom is -0.376 e. The summed E-state index contributed by atoms with van der Waals surface area (Å²) in [6.45, 7) is 2.64. The van der Waals surface area contributed by atoms with Gasteiger partial charge in [-0.15, -0.1) is 0 Å². The molecule has 2 heteroatoms. The topological polar surface area (TPSA) is 21.3 Å². The van der Waals surface area contributed by atoms with Gasteiger partial charge in [0.2, 0.25) is 0 Å². The van der Waals surface area contributed by atoms with Crippen molar-refractivity contribution in [3.05, 3.63) is 35.4 Å². The van der Waals surface area contributed by atoms with Crippen LogP contribution in [0.5, 0.6) is 0 Å². The molecule has 1 saturated carbocycles. The van der Waals surface area contributed by atoms with E-state index >= 15 is 0 Å². The van der Waals surface area contributed by atoms with Crippen LogP contribution in [0.2, 0.25) is 0 Å². The SMILES string of the molecule is CNCc1ccc(COCC2CCCCC2)cc1. The molecule has 0 amide bonds. The summed E-state index contributed by atoms with van der Waals surface area (Å²) >= 11 is 0. The number of rotatable bonds is 6. The summed E-state index contributed by atoms with van der Waals surface area (Å²) < 4.78 is 5.84. The lowest BCUT2D eigenvalue weighted by atomic mass is 9.90. The summed E-state index contributed by atoms with van der Waals surface area (Å²) in [4.78, 5) is 0. The van der Waals surface area contributed by atoms with Gasteiger partial charge >= 0.3 is 0 Å². The highest BCUT2D eigenvalue weighted by molar-refractivity contribution is 5.21. The molecule has 0 radical (unpaired) electrons. The Morgan fingerprint density at radius 2 is 1.72 bits per heavy atom. The Balaban J connectivity index is 1.69. The van der Waals surface area contributed by atoms with Gasteiger partial charge in [-0.1, -0.05) is 43.5 Å². The summed E-state index contributed by atoms with van der Waals surface area (Å²) in [5.41, 5.74) is 2.61. The molecule has 0 spiro atoms. The normalized spacial score (nSPS) is 16.9. The first-order valence-corrected chi connectivity index (χ1v) is 7.18. The summed E-state index contributed by atoms with van der Waals surface area (Å²) in [6.07, 6.45) is 6.94. The largest absolute Gasteiger partial charge is 0.376 e. The van der Waals surface area contributed by atoms with Crippen LogP contribution in [0.15, 0.2) is 24.3 Å². The summed E-state index contributed by atoms with van der Waals surface area (Å²) in [6, 6.07) is 8.70. The Morgan fingerprint density at radius 3 is 2.39 bits per heavy atom. The van der Waals surface area contributed by atoms with Gasteiger partial charge in [-0.3, -0.25) is 0 Å². The lowest BCUT2D eigenvalue weighted by molar-refractivity contribution is 0.0739. The third-order valence-electron chi connectivity index (χ3n) is 3.75. The van der Waals surface area contributed by atoms with Gasteiger partial charge in [0.1, 0.15) is 0 Å². The van der Waals surface area contributed by atoms with Crippen molar-refractivity contribution in [2.24, 2.45) is 5.92 Å². The van der Waals surface area contributed by atoms with Gasteiger partial charge < -0.3 is 10.1 Å². The molecule has 2 rings (SSSR count). The smallest absolute Gasteiger partial charge is 0.0717 e. The predicted molar refractivity (Wildman–Crippen MR) is 75.4 cm³/mol. The van der Waals surface area contributed by atoms with E-state index in [4.69, 9.17) is 4.74 Å². The number of benzene rings is 1. The van der Waals surface area contributed by atoms with E-state index in [1.807, 2.05) is 7.05 Å². The minimum absolute atomic E-state index is 0.760. The fourth-order valence-corrected chi connectivity index (χ4v) is 2.65. The van der Waals surface area contributed by atoms with Crippen LogP contribution in [0, 0.1) is 5.92 Å². The maximum atomic E-state index is 5.84. The van der Waals surface area contributed by atoms with Gasteiger partial charge in [-0.25, -0.2) is 0 Å². The Labute approximate surface area is 111 Å². The van der Waals surface area contributed by atoms with E-state index in [1.165, 1.54) is 43.2 Å². The number of nitrogens with one attached hydrogen (secondary N) is 1. The van der Waals surface area contributed by atoms with Crippen LogP contribution in [0.3, 0.4) is 0 Å². The second-order valence-electron chi connectivity index (χ2n) is 5.37. The highest BCUT2D eigenvalue weighted by Crippen LogP contribution is 2.23. The molecular weight excluding hydrogens is 222 g/mol. The van der Waals surface area contributed by atoms with Crippen molar-refractivity contribution >= 4 is 0 Å². The third-order valence-corrected chi connectivity index (χ3v) is 3.75. The first-order chi connectivity index (χ1) is 8.88. The Bertz CT molecular complexity index is 327. The molecule has 18 heavy (non-hydrogen) atoms. The molecule has 1 N–H and O–H groups in total. The Hall–Kier alpha value is -0.860. The van der Waals surface area contributed by atoms with Crippen molar-refractivity contribution in [1.82, 2.24) is 5.32 Å². The molecule has 0 aliphatic heterocycles. The number of hydrogen-bond acceptors (Lipinski definition) is 2. The molecule has 0 unspecified atom stereocenters. The van der Waals surface area contributed by atoms with Crippen molar-refractivity contribution in [3.8, 4) is 0 Å². The van der Waals surface area contributed by atoms with Crippen LogP contribution in [-0.2, 0) is 17.9 Å². The maximum absolute atomic E-state index is 5.84. The van der Waals surface area contributed by atoms with E-state index in [1.54, 1.807) is 0 Å². The summed E-state index contributed by atoms with van der Waals surface area (Å²) in [5.74, 6) is 0.808. The van der Waals surface area contributed by atoms with Crippen molar-refractivity contribution in [2.75, 3.05) is 13.7 Å². The predicted octanol–water partition coefficient (Wildman–Crippen LogP) is 3.50. The molecule has 0 atom stereocenters. The molecule has 2 nitrogen and oxygen atoms in total. The van der Waals surface area contributed by atoms with Crippen molar-refractivity contribution < 1.29 is 4.74 Å². The fraction of sp³-hybridized carbons (Fsp3) is 0.625. The Kier molecular flexibility index (Phi) is 5.69. The monoisotopic (exact) mass is 247 g/mol. The third kappa shape index (κ3) is 4.43. The minimum atomic E-state index is 0.760. The summed E-state index contributed by atoms with van der Waals surface area (Å²) in [7, 11) is 1.97. The molecule has 0 heterocycles. The highest BCUT2D eigenvalue weighted by Gasteiger charge is 2.13. The van der Waals surface area contributed by atoms with Crippen molar-refractivity contribution in [2.45, 2.75) is 45.3 Å². The molecule has 0 saturated heterocycles. The van der Waals surface area contributed by atoms with E-state index in [0.717, 1.165) is 25.7 Å². The van der Waals surface area contributed by atoms with E-state index in [-0.39, 0.29) is 0 Å². The zero-order valence-corrected chi connectivity index (χ0v) is 11.5. The quantitative estimate of drug-likeness (QED) is 0.830. The lowest BCUT2D eigenvalue weighted by Crippen LogP contribution is -2.13. The van der Waals surface area contributed by atoms with Gasteiger partial charge in [-0.05, 0) is 36.9 Å². The first-order valence-electron chi connectivity index (χ1n) is 7.18. The average Bonchev–Trinajstić information content (AvgIpc) is 2.42. The zero-order chi connectivity index (χ0) is 12.6. The van der Waals surface area contributed by atoms with Crippen LogP contribution < -0.4 is 5.32 Å². The molecule has 1 aliphatic rings. The highest BCUT2D eigenvalue weighted by atomic mass is 16.5. The van der Waals surface area contributed by atoms with E-state index in [2.05, 4.69) is 29.6 Å². The van der Waals surface area contributed by atoms with Gasteiger partial charge in [0.05, 0.1) is 6.61 Å². The van der Waals surface area contributed by atoms with Gasteiger partial charge in [0.15, 0.2) is 0 Å². The summed E-state index contributed by atoms with van der Waals surface area (Å²) in [5, 5.41) is 3.16. The molecule has 0 aromatic heterocycles. The molecular formula is C16H25NO. The zero-order valence-electron chi connectivity index (χ0n) is 11.5. The molecule has 100 valence electrons. The van der Waals surface area contributed by atoms with Crippen LogP contribution in [0.25, 0.3) is 0 Å². The van der Waals surface area contributed by atoms with Crippen LogP contribution in [0.4, 0.5) is 0 Å². The number of ether oxygens (including phenoxy) is 1. The molecule has 1 aromatic rings. The standard InChI is InChI=1S/C16H25NO/c1-17-11-14-7-9-16(10-8-14)13-18-12-15-5-3-2-4-6-15/h7-10,15,17H,2-6,11-13H2,1H3. The van der Waals surface area contributed by atoms with E-state index in [0.29, 0.717) is 0 Å². The van der Waals surface area contributed by atoms with Crippen LogP contribution in [0.1, 0.15) is 43.2 Å². The molecule has 1 fully saturated rings. The van der Waals surface area contributed by atoms with Crippen molar-refractivity contribution in [1.29, 1.82) is 0 Å². The van der Waals surface area contributed by atoms with Gasteiger partial charge in [0.25, 0.3) is 0 Å².